The van der Waals surface area contributed by atoms with Crippen LogP contribution < -0.4 is 15.4 Å². The molecule has 1 aliphatic heterocycles. The second-order valence-electron chi connectivity index (χ2n) is 5.09. The van der Waals surface area contributed by atoms with Crippen molar-refractivity contribution in [3.8, 4) is 0 Å². The van der Waals surface area contributed by atoms with Crippen LogP contribution in [0.2, 0.25) is 0 Å². The van der Waals surface area contributed by atoms with Gasteiger partial charge in [0.15, 0.2) is 0 Å². The maximum absolute atomic E-state index is 12.1. The van der Waals surface area contributed by atoms with Crippen molar-refractivity contribution >= 4 is 15.9 Å². The van der Waals surface area contributed by atoms with Gasteiger partial charge in [0, 0.05) is 6.54 Å². The highest BCUT2D eigenvalue weighted by Crippen LogP contribution is 2.16. The number of carbonyl (C=O) groups is 1. The molecule has 0 bridgehead atoms. The number of benzene rings is 1. The van der Waals surface area contributed by atoms with Crippen molar-refractivity contribution in [1.29, 1.82) is 0 Å². The quantitative estimate of drug-likeness (QED) is 0.694. The van der Waals surface area contributed by atoms with Gasteiger partial charge in [-0.1, -0.05) is 12.1 Å². The molecule has 122 valence electrons. The summed E-state index contributed by atoms with van der Waals surface area (Å²) >= 11 is 0. The highest BCUT2D eigenvalue weighted by Gasteiger charge is 2.22. The highest BCUT2D eigenvalue weighted by atomic mass is 32.2. The van der Waals surface area contributed by atoms with Crippen LogP contribution in [0.3, 0.4) is 0 Å². The molecule has 1 amide bonds. The summed E-state index contributed by atoms with van der Waals surface area (Å²) in [7, 11) is -2.08. The maximum atomic E-state index is 12.1. The number of carbonyl (C=O) groups excluding carboxylic acids is 1. The van der Waals surface area contributed by atoms with E-state index in [2.05, 4.69) is 15.4 Å². The summed E-state index contributed by atoms with van der Waals surface area (Å²) in [5.41, 5.74) is 0.833. The lowest BCUT2D eigenvalue weighted by Gasteiger charge is -2.25. The van der Waals surface area contributed by atoms with Gasteiger partial charge in [0.25, 0.3) is 0 Å². The van der Waals surface area contributed by atoms with Crippen molar-refractivity contribution < 1.29 is 17.9 Å². The molecule has 0 saturated carbocycles. The SMILES string of the molecule is CNS(=O)(=O)c1ccc(C(C)NC(=O)C2COCCN2)cc1. The molecule has 1 heterocycles. The minimum Gasteiger partial charge on any atom is -0.378 e. The van der Waals surface area contributed by atoms with Gasteiger partial charge in [-0.3, -0.25) is 4.79 Å². The third-order valence-corrected chi connectivity index (χ3v) is 4.99. The summed E-state index contributed by atoms with van der Waals surface area (Å²) in [5.74, 6) is -0.126. The summed E-state index contributed by atoms with van der Waals surface area (Å²) < 4.78 is 30.8. The number of hydrogen-bond donors (Lipinski definition) is 3. The number of nitrogens with one attached hydrogen (secondary N) is 3. The monoisotopic (exact) mass is 327 g/mol. The van der Waals surface area contributed by atoms with Crippen LogP contribution in [-0.2, 0) is 19.6 Å². The molecule has 2 atom stereocenters. The van der Waals surface area contributed by atoms with Gasteiger partial charge in [-0.25, -0.2) is 13.1 Å². The van der Waals surface area contributed by atoms with Crippen LogP contribution in [0.4, 0.5) is 0 Å². The summed E-state index contributed by atoms with van der Waals surface area (Å²) in [5, 5.41) is 5.98. The Morgan fingerprint density at radius 1 is 1.36 bits per heavy atom. The molecular weight excluding hydrogens is 306 g/mol. The van der Waals surface area contributed by atoms with Crippen molar-refractivity contribution in [3.63, 3.8) is 0 Å². The van der Waals surface area contributed by atoms with E-state index >= 15 is 0 Å². The fourth-order valence-electron chi connectivity index (χ4n) is 2.18. The molecule has 0 aliphatic carbocycles. The Morgan fingerprint density at radius 2 is 2.05 bits per heavy atom. The van der Waals surface area contributed by atoms with Gasteiger partial charge < -0.3 is 15.4 Å². The molecule has 3 N–H and O–H groups in total. The molecule has 0 spiro atoms. The molecule has 2 unspecified atom stereocenters. The second-order valence-corrected chi connectivity index (χ2v) is 6.98. The van der Waals surface area contributed by atoms with Gasteiger partial charge in [-0.2, -0.15) is 0 Å². The molecule has 1 aromatic rings. The first kappa shape index (κ1) is 16.9. The fraction of sp³-hybridized carbons (Fsp3) is 0.500. The number of amides is 1. The lowest BCUT2D eigenvalue weighted by Crippen LogP contribution is -2.51. The third kappa shape index (κ3) is 4.04. The van der Waals surface area contributed by atoms with E-state index < -0.39 is 10.0 Å². The van der Waals surface area contributed by atoms with Crippen LogP contribution in [-0.4, -0.2) is 47.2 Å². The van der Waals surface area contributed by atoms with Crippen molar-refractivity contribution in [1.82, 2.24) is 15.4 Å². The van der Waals surface area contributed by atoms with Crippen LogP contribution in [0.1, 0.15) is 18.5 Å². The summed E-state index contributed by atoms with van der Waals surface area (Å²) in [6.45, 7) is 3.48. The van der Waals surface area contributed by atoms with Crippen LogP contribution >= 0.6 is 0 Å². The summed E-state index contributed by atoms with van der Waals surface area (Å²) in [6.07, 6.45) is 0. The molecule has 1 saturated heterocycles. The van der Waals surface area contributed by atoms with Crippen molar-refractivity contribution in [2.45, 2.75) is 23.9 Å². The topological polar surface area (TPSA) is 96.5 Å². The van der Waals surface area contributed by atoms with E-state index in [0.717, 1.165) is 5.56 Å². The molecule has 1 aromatic carbocycles. The molecule has 0 aromatic heterocycles. The summed E-state index contributed by atoms with van der Waals surface area (Å²) in [6, 6.07) is 5.86. The Labute approximate surface area is 130 Å². The minimum absolute atomic E-state index is 0.126. The van der Waals surface area contributed by atoms with Crippen LogP contribution in [0.5, 0.6) is 0 Å². The minimum atomic E-state index is -3.44. The van der Waals surface area contributed by atoms with Gasteiger partial charge in [0.2, 0.25) is 15.9 Å². The number of ether oxygens (including phenoxy) is 1. The number of hydrogen-bond acceptors (Lipinski definition) is 5. The van der Waals surface area contributed by atoms with E-state index in [4.69, 9.17) is 4.74 Å². The summed E-state index contributed by atoms with van der Waals surface area (Å²) in [4.78, 5) is 12.3. The van der Waals surface area contributed by atoms with Gasteiger partial charge in [-0.05, 0) is 31.7 Å². The first-order valence-electron chi connectivity index (χ1n) is 7.09. The number of rotatable bonds is 5. The zero-order valence-electron chi connectivity index (χ0n) is 12.6. The van der Waals surface area contributed by atoms with Crippen LogP contribution in [0, 0.1) is 0 Å². The molecule has 7 nitrogen and oxygen atoms in total. The van der Waals surface area contributed by atoms with Crippen molar-refractivity contribution in [3.05, 3.63) is 29.8 Å². The molecule has 22 heavy (non-hydrogen) atoms. The Morgan fingerprint density at radius 3 is 2.59 bits per heavy atom. The average molecular weight is 327 g/mol. The molecule has 1 aliphatic rings. The van der Waals surface area contributed by atoms with Gasteiger partial charge in [-0.15, -0.1) is 0 Å². The van der Waals surface area contributed by atoms with Crippen LogP contribution in [0.15, 0.2) is 29.2 Å². The fourth-order valence-corrected chi connectivity index (χ4v) is 2.91. The van der Waals surface area contributed by atoms with Gasteiger partial charge in [0.1, 0.15) is 6.04 Å². The lowest BCUT2D eigenvalue weighted by molar-refractivity contribution is -0.126. The zero-order valence-corrected chi connectivity index (χ0v) is 13.4. The zero-order chi connectivity index (χ0) is 16.2. The van der Waals surface area contributed by atoms with Crippen LogP contribution in [0.25, 0.3) is 0 Å². The Hall–Kier alpha value is -1.48. The van der Waals surface area contributed by atoms with Gasteiger partial charge in [0.05, 0.1) is 24.2 Å². The van der Waals surface area contributed by atoms with E-state index in [1.54, 1.807) is 12.1 Å². The molecular formula is C14H21N3O4S. The Kier molecular flexibility index (Phi) is 5.52. The predicted molar refractivity (Wildman–Crippen MR) is 81.9 cm³/mol. The van der Waals surface area contributed by atoms with Crippen molar-refractivity contribution in [2.75, 3.05) is 26.8 Å². The second kappa shape index (κ2) is 7.19. The Bertz CT molecular complexity index is 609. The largest absolute Gasteiger partial charge is 0.378 e. The van der Waals surface area contributed by atoms with E-state index in [1.807, 2.05) is 6.92 Å². The average Bonchev–Trinajstić information content (AvgIpc) is 2.55. The maximum Gasteiger partial charge on any atom is 0.240 e. The first-order chi connectivity index (χ1) is 10.4. The molecule has 0 radical (unpaired) electrons. The smallest absolute Gasteiger partial charge is 0.240 e. The normalized spacial score (nSPS) is 20.4. The standard InChI is InChI=1S/C14H21N3O4S/c1-10(17-14(18)13-9-21-8-7-16-13)11-3-5-12(6-4-11)22(19,20)15-2/h3-6,10,13,15-16H,7-9H2,1-2H3,(H,17,18). The highest BCUT2D eigenvalue weighted by molar-refractivity contribution is 7.89. The number of morpholine rings is 1. The number of sulfonamides is 1. The predicted octanol–water partition coefficient (Wildman–Crippen LogP) is -0.240. The molecule has 1 fully saturated rings. The van der Waals surface area contributed by atoms with E-state index in [0.29, 0.717) is 19.8 Å². The Balaban J connectivity index is 2.00. The molecule has 2 rings (SSSR count). The van der Waals surface area contributed by atoms with Gasteiger partial charge >= 0.3 is 0 Å². The van der Waals surface area contributed by atoms with E-state index in [-0.39, 0.29) is 22.9 Å². The molecule has 8 heteroatoms. The lowest BCUT2D eigenvalue weighted by atomic mass is 10.1. The first-order valence-corrected chi connectivity index (χ1v) is 8.57. The van der Waals surface area contributed by atoms with Crippen molar-refractivity contribution in [2.24, 2.45) is 0 Å². The third-order valence-electron chi connectivity index (χ3n) is 3.56. The van der Waals surface area contributed by atoms with E-state index in [1.165, 1.54) is 19.2 Å². The van der Waals surface area contributed by atoms with E-state index in [9.17, 15) is 13.2 Å².